The van der Waals surface area contributed by atoms with E-state index < -0.39 is 12.0 Å². The number of pyridine rings is 1. The maximum Gasteiger partial charge on any atom is 0.322 e. The molecule has 92 valence electrons. The third-order valence-corrected chi connectivity index (χ3v) is 1.93. The molecule has 4 nitrogen and oxygen atoms in total. The summed E-state index contributed by atoms with van der Waals surface area (Å²) in [4.78, 5) is 14.9. The van der Waals surface area contributed by atoms with Crippen LogP contribution in [-0.4, -0.2) is 24.1 Å². The molecule has 0 fully saturated rings. The smallest absolute Gasteiger partial charge is 0.322 e. The van der Waals surface area contributed by atoms with Crippen molar-refractivity contribution in [2.24, 2.45) is 5.73 Å². The van der Waals surface area contributed by atoms with E-state index in [4.69, 9.17) is 17.3 Å². The fourth-order valence-corrected chi connectivity index (χ4v) is 1.25. The van der Waals surface area contributed by atoms with E-state index in [1.807, 2.05) is 0 Å². The van der Waals surface area contributed by atoms with Crippen molar-refractivity contribution in [3.63, 3.8) is 0 Å². The van der Waals surface area contributed by atoms with Crippen molar-refractivity contribution in [1.29, 1.82) is 0 Å². The predicted octanol–water partition coefficient (Wildman–Crippen LogP) is 1.62. The van der Waals surface area contributed by atoms with Gasteiger partial charge in [0.25, 0.3) is 0 Å². The molecule has 1 aromatic heterocycles. The number of aromatic nitrogens is 1. The number of nitrogens with zero attached hydrogens (tertiary/aromatic N) is 1. The summed E-state index contributed by atoms with van der Waals surface area (Å²) in [5, 5.41) is 0.527. The lowest BCUT2D eigenvalue weighted by molar-refractivity contribution is -0.142. The van der Waals surface area contributed by atoms with Crippen LogP contribution in [0, 0.1) is 0 Å². The molecule has 0 saturated heterocycles. The molecule has 0 bridgehead atoms. The third kappa shape index (κ3) is 5.51. The van der Waals surface area contributed by atoms with E-state index >= 15 is 0 Å². The molecule has 0 radical (unpaired) electrons. The minimum Gasteiger partial charge on any atom is -0.468 e. The SMILES string of the molecule is COC(=O)[C@@H](N)Cc1cncc(Cl)c1.Cl.Cl. The molecule has 0 spiro atoms. The first-order chi connectivity index (χ1) is 6.63. The summed E-state index contributed by atoms with van der Waals surface area (Å²) in [5.74, 6) is -0.440. The normalized spacial score (nSPS) is 10.7. The highest BCUT2D eigenvalue weighted by atomic mass is 35.5. The molecule has 0 unspecified atom stereocenters. The summed E-state index contributed by atoms with van der Waals surface area (Å²) in [6, 6.07) is 1.05. The van der Waals surface area contributed by atoms with Crippen LogP contribution in [0.3, 0.4) is 0 Å². The number of esters is 1. The Morgan fingerprint density at radius 2 is 2.19 bits per heavy atom. The van der Waals surface area contributed by atoms with Crippen molar-refractivity contribution < 1.29 is 9.53 Å². The largest absolute Gasteiger partial charge is 0.468 e. The van der Waals surface area contributed by atoms with E-state index in [9.17, 15) is 4.79 Å². The van der Waals surface area contributed by atoms with Crippen LogP contribution in [0.15, 0.2) is 18.5 Å². The van der Waals surface area contributed by atoms with E-state index in [0.717, 1.165) is 5.56 Å². The van der Waals surface area contributed by atoms with Crippen molar-refractivity contribution in [3.8, 4) is 0 Å². The molecule has 0 amide bonds. The van der Waals surface area contributed by atoms with Crippen LogP contribution in [-0.2, 0) is 16.0 Å². The lowest BCUT2D eigenvalue weighted by atomic mass is 10.1. The van der Waals surface area contributed by atoms with Gasteiger partial charge in [0.2, 0.25) is 0 Å². The topological polar surface area (TPSA) is 65.2 Å². The number of methoxy groups -OCH3 is 1. The van der Waals surface area contributed by atoms with Crippen molar-refractivity contribution in [1.82, 2.24) is 4.98 Å². The minimum atomic E-state index is -0.666. The first kappa shape index (κ1) is 17.8. The number of hydrogen-bond donors (Lipinski definition) is 1. The standard InChI is InChI=1S/C9H11ClN2O2.2ClH/c1-14-9(13)8(11)3-6-2-7(10)5-12-4-6;;/h2,4-5,8H,3,11H2,1H3;2*1H/t8-;;/m0../s1. The molecule has 1 rings (SSSR count). The summed E-state index contributed by atoms with van der Waals surface area (Å²) in [7, 11) is 1.30. The van der Waals surface area contributed by atoms with E-state index in [2.05, 4.69) is 9.72 Å². The maximum atomic E-state index is 11.0. The van der Waals surface area contributed by atoms with Gasteiger partial charge in [0, 0.05) is 12.4 Å². The first-order valence-corrected chi connectivity index (χ1v) is 4.44. The van der Waals surface area contributed by atoms with Crippen molar-refractivity contribution in [2.45, 2.75) is 12.5 Å². The van der Waals surface area contributed by atoms with Gasteiger partial charge in [-0.3, -0.25) is 9.78 Å². The number of rotatable bonds is 3. The van der Waals surface area contributed by atoms with Gasteiger partial charge in [-0.2, -0.15) is 0 Å². The molecular formula is C9H13Cl3N2O2. The Hall–Kier alpha value is -0.550. The highest BCUT2D eigenvalue weighted by Crippen LogP contribution is 2.09. The molecule has 0 aliphatic rings. The maximum absolute atomic E-state index is 11.0. The van der Waals surface area contributed by atoms with Crippen LogP contribution < -0.4 is 5.73 Å². The second-order valence-corrected chi connectivity index (χ2v) is 3.28. The number of ether oxygens (including phenoxy) is 1. The minimum absolute atomic E-state index is 0. The molecular weight excluding hydrogens is 274 g/mol. The molecule has 0 aliphatic heterocycles. The Morgan fingerprint density at radius 3 is 2.69 bits per heavy atom. The van der Waals surface area contributed by atoms with Gasteiger partial charge in [0.05, 0.1) is 12.1 Å². The van der Waals surface area contributed by atoms with Gasteiger partial charge < -0.3 is 10.5 Å². The van der Waals surface area contributed by atoms with Crippen molar-refractivity contribution >= 4 is 42.4 Å². The number of hydrogen-bond acceptors (Lipinski definition) is 4. The zero-order valence-electron chi connectivity index (χ0n) is 8.55. The zero-order valence-corrected chi connectivity index (χ0v) is 10.9. The van der Waals surface area contributed by atoms with Crippen LogP contribution in [0.2, 0.25) is 5.02 Å². The van der Waals surface area contributed by atoms with Crippen LogP contribution in [0.4, 0.5) is 0 Å². The molecule has 0 aliphatic carbocycles. The average Bonchev–Trinajstić information content (AvgIpc) is 2.16. The van der Waals surface area contributed by atoms with E-state index in [0.29, 0.717) is 11.4 Å². The molecule has 16 heavy (non-hydrogen) atoms. The quantitative estimate of drug-likeness (QED) is 0.858. The fraction of sp³-hybridized carbons (Fsp3) is 0.333. The number of nitrogens with two attached hydrogens (primary N) is 1. The number of carbonyl (C=O) groups excluding carboxylic acids is 1. The van der Waals surface area contributed by atoms with Crippen LogP contribution in [0.1, 0.15) is 5.56 Å². The molecule has 7 heteroatoms. The van der Waals surface area contributed by atoms with Gasteiger partial charge in [-0.15, -0.1) is 24.8 Å². The predicted molar refractivity (Wildman–Crippen MR) is 67.4 cm³/mol. The highest BCUT2D eigenvalue weighted by Gasteiger charge is 2.14. The number of carbonyl (C=O) groups is 1. The third-order valence-electron chi connectivity index (χ3n) is 1.72. The van der Waals surface area contributed by atoms with Gasteiger partial charge in [-0.05, 0) is 18.1 Å². The van der Waals surface area contributed by atoms with Crippen molar-refractivity contribution in [3.05, 3.63) is 29.0 Å². The van der Waals surface area contributed by atoms with Crippen molar-refractivity contribution in [2.75, 3.05) is 7.11 Å². The Kier molecular flexibility index (Phi) is 9.57. The highest BCUT2D eigenvalue weighted by molar-refractivity contribution is 6.30. The summed E-state index contributed by atoms with van der Waals surface area (Å²) >= 11 is 5.72. The molecule has 2 N–H and O–H groups in total. The lowest BCUT2D eigenvalue weighted by Gasteiger charge is -2.08. The Balaban J connectivity index is 0. The summed E-state index contributed by atoms with van der Waals surface area (Å²) < 4.78 is 4.50. The monoisotopic (exact) mass is 286 g/mol. The first-order valence-electron chi connectivity index (χ1n) is 4.06. The Bertz CT molecular complexity index is 336. The van der Waals surface area contributed by atoms with Gasteiger partial charge in [0.15, 0.2) is 0 Å². The Morgan fingerprint density at radius 1 is 1.56 bits per heavy atom. The van der Waals surface area contributed by atoms with E-state index in [1.54, 1.807) is 12.3 Å². The fourth-order valence-electron chi connectivity index (χ4n) is 1.06. The zero-order chi connectivity index (χ0) is 10.6. The van der Waals surface area contributed by atoms with Gasteiger partial charge in [-0.1, -0.05) is 11.6 Å². The molecule has 1 atom stereocenters. The van der Waals surface area contributed by atoms with Crippen LogP contribution >= 0.6 is 36.4 Å². The number of halogens is 3. The molecule has 0 saturated carbocycles. The molecule has 1 aromatic rings. The van der Waals surface area contributed by atoms with Crippen LogP contribution in [0.25, 0.3) is 0 Å². The molecule has 1 heterocycles. The summed E-state index contributed by atoms with van der Waals surface area (Å²) in [5.41, 5.74) is 6.38. The average molecular weight is 288 g/mol. The Labute approximate surface area is 111 Å². The van der Waals surface area contributed by atoms with Gasteiger partial charge in [-0.25, -0.2) is 0 Å². The van der Waals surface area contributed by atoms with E-state index in [-0.39, 0.29) is 24.8 Å². The van der Waals surface area contributed by atoms with Gasteiger partial charge >= 0.3 is 5.97 Å². The summed E-state index contributed by atoms with van der Waals surface area (Å²) in [6.07, 6.45) is 3.52. The van der Waals surface area contributed by atoms with Gasteiger partial charge in [0.1, 0.15) is 6.04 Å². The van der Waals surface area contributed by atoms with Crippen LogP contribution in [0.5, 0.6) is 0 Å². The second kappa shape index (κ2) is 8.58. The molecule has 0 aromatic carbocycles. The lowest BCUT2D eigenvalue weighted by Crippen LogP contribution is -2.33. The van der Waals surface area contributed by atoms with E-state index in [1.165, 1.54) is 13.3 Å². The summed E-state index contributed by atoms with van der Waals surface area (Å²) in [6.45, 7) is 0. The second-order valence-electron chi connectivity index (χ2n) is 2.85.